The van der Waals surface area contributed by atoms with Crippen molar-refractivity contribution in [3.8, 4) is 0 Å². The summed E-state index contributed by atoms with van der Waals surface area (Å²) >= 11 is 0. The van der Waals surface area contributed by atoms with E-state index in [0.29, 0.717) is 13.0 Å². The van der Waals surface area contributed by atoms with Crippen LogP contribution in [0.15, 0.2) is 0 Å². The van der Waals surface area contributed by atoms with Crippen molar-refractivity contribution in [2.75, 3.05) is 13.7 Å². The van der Waals surface area contributed by atoms with Crippen LogP contribution in [-0.4, -0.2) is 36.7 Å². The van der Waals surface area contributed by atoms with Gasteiger partial charge < -0.3 is 15.2 Å². The minimum absolute atomic E-state index is 0.0303. The molecule has 0 heterocycles. The number of carboxylic acid groups (broad SMARTS) is 1. The van der Waals surface area contributed by atoms with E-state index in [4.69, 9.17) is 9.84 Å². The first-order valence-corrected chi connectivity index (χ1v) is 6.19. The van der Waals surface area contributed by atoms with E-state index in [2.05, 4.69) is 26.1 Å². The summed E-state index contributed by atoms with van der Waals surface area (Å²) in [5.74, 6) is -1.06. The first-order valence-electron chi connectivity index (χ1n) is 6.19. The summed E-state index contributed by atoms with van der Waals surface area (Å²) in [5.41, 5.74) is 0.0303. The van der Waals surface area contributed by atoms with Crippen molar-refractivity contribution in [2.24, 2.45) is 11.3 Å². The van der Waals surface area contributed by atoms with Crippen LogP contribution in [0.3, 0.4) is 0 Å². The fourth-order valence-corrected chi connectivity index (χ4v) is 1.33. The smallest absolute Gasteiger partial charge is 0.326 e. The van der Waals surface area contributed by atoms with Crippen LogP contribution in [0.4, 0.5) is 0 Å². The fraction of sp³-hybridized carbons (Fsp3) is 0.846. The molecule has 18 heavy (non-hydrogen) atoms. The van der Waals surface area contributed by atoms with Gasteiger partial charge in [0, 0.05) is 26.6 Å². The molecule has 2 N–H and O–H groups in total. The summed E-state index contributed by atoms with van der Waals surface area (Å²) in [6.45, 7) is 8.48. The molecule has 0 rings (SSSR count). The summed E-state index contributed by atoms with van der Waals surface area (Å²) < 4.78 is 4.82. The Labute approximate surface area is 109 Å². The van der Waals surface area contributed by atoms with E-state index in [0.717, 1.165) is 0 Å². The highest BCUT2D eigenvalue weighted by atomic mass is 16.5. The van der Waals surface area contributed by atoms with Gasteiger partial charge in [-0.1, -0.05) is 27.7 Å². The van der Waals surface area contributed by atoms with E-state index in [1.54, 1.807) is 0 Å². The third-order valence-corrected chi connectivity index (χ3v) is 3.21. The summed E-state index contributed by atoms with van der Waals surface area (Å²) in [6.07, 6.45) is 0.613. The highest BCUT2D eigenvalue weighted by molar-refractivity contribution is 5.83. The highest BCUT2D eigenvalue weighted by Crippen LogP contribution is 2.27. The summed E-state index contributed by atoms with van der Waals surface area (Å²) in [7, 11) is 1.50. The standard InChI is InChI=1S/C13H25NO4/c1-9(13(2,3)4)8-11(15)14-10(12(16)17)6-7-18-5/h9-10H,6-8H2,1-5H3,(H,14,15)(H,16,17). The second-order valence-corrected chi connectivity index (χ2v) is 5.71. The van der Waals surface area contributed by atoms with E-state index >= 15 is 0 Å². The van der Waals surface area contributed by atoms with E-state index in [1.165, 1.54) is 7.11 Å². The number of ether oxygens (including phenoxy) is 1. The van der Waals surface area contributed by atoms with E-state index in [1.807, 2.05) is 6.92 Å². The molecule has 0 aliphatic rings. The van der Waals surface area contributed by atoms with E-state index in [-0.39, 0.29) is 23.7 Å². The van der Waals surface area contributed by atoms with Crippen LogP contribution in [0.25, 0.3) is 0 Å². The molecule has 0 aromatic rings. The Morgan fingerprint density at radius 3 is 2.28 bits per heavy atom. The first-order chi connectivity index (χ1) is 8.18. The third kappa shape index (κ3) is 6.59. The van der Waals surface area contributed by atoms with Crippen LogP contribution in [0.5, 0.6) is 0 Å². The van der Waals surface area contributed by atoms with Crippen molar-refractivity contribution in [3.05, 3.63) is 0 Å². The molecule has 0 aromatic carbocycles. The second-order valence-electron chi connectivity index (χ2n) is 5.71. The van der Waals surface area contributed by atoms with Gasteiger partial charge in [0.1, 0.15) is 6.04 Å². The fourth-order valence-electron chi connectivity index (χ4n) is 1.33. The van der Waals surface area contributed by atoms with Gasteiger partial charge in [-0.05, 0) is 11.3 Å². The molecule has 0 saturated carbocycles. The molecule has 5 nitrogen and oxygen atoms in total. The topological polar surface area (TPSA) is 75.6 Å². The average Bonchev–Trinajstić information content (AvgIpc) is 2.22. The Balaban J connectivity index is 4.30. The lowest BCUT2D eigenvalue weighted by atomic mass is 9.80. The third-order valence-electron chi connectivity index (χ3n) is 3.21. The minimum atomic E-state index is -1.02. The van der Waals surface area contributed by atoms with Crippen molar-refractivity contribution >= 4 is 11.9 Å². The first kappa shape index (κ1) is 16.9. The molecule has 2 unspecified atom stereocenters. The molecule has 0 radical (unpaired) electrons. The highest BCUT2D eigenvalue weighted by Gasteiger charge is 2.25. The van der Waals surface area contributed by atoms with E-state index < -0.39 is 12.0 Å². The number of carbonyl (C=O) groups is 2. The lowest BCUT2D eigenvalue weighted by Crippen LogP contribution is -2.42. The molecular weight excluding hydrogens is 234 g/mol. The molecule has 0 saturated heterocycles. The monoisotopic (exact) mass is 259 g/mol. The Bertz CT molecular complexity index is 283. The Hall–Kier alpha value is -1.10. The number of hydrogen-bond donors (Lipinski definition) is 2. The van der Waals surface area contributed by atoms with Gasteiger partial charge in [0.2, 0.25) is 5.91 Å². The maximum absolute atomic E-state index is 11.8. The van der Waals surface area contributed by atoms with Crippen LogP contribution in [0.1, 0.15) is 40.5 Å². The number of aliphatic carboxylic acids is 1. The quantitative estimate of drug-likeness (QED) is 0.729. The zero-order valence-corrected chi connectivity index (χ0v) is 11.9. The normalized spacial score (nSPS) is 14.9. The van der Waals surface area contributed by atoms with Crippen LogP contribution in [0.2, 0.25) is 0 Å². The van der Waals surface area contributed by atoms with Gasteiger partial charge in [-0.15, -0.1) is 0 Å². The van der Waals surface area contributed by atoms with Crippen molar-refractivity contribution in [1.29, 1.82) is 0 Å². The maximum atomic E-state index is 11.8. The number of rotatable bonds is 7. The van der Waals surface area contributed by atoms with Crippen molar-refractivity contribution in [1.82, 2.24) is 5.32 Å². The number of methoxy groups -OCH3 is 1. The van der Waals surface area contributed by atoms with Gasteiger partial charge in [0.05, 0.1) is 0 Å². The number of carboxylic acids is 1. The molecular formula is C13H25NO4. The number of hydrogen-bond acceptors (Lipinski definition) is 3. The Morgan fingerprint density at radius 1 is 1.33 bits per heavy atom. The van der Waals surface area contributed by atoms with Gasteiger partial charge in [0.15, 0.2) is 0 Å². The van der Waals surface area contributed by atoms with Crippen molar-refractivity contribution in [3.63, 3.8) is 0 Å². The number of amides is 1. The maximum Gasteiger partial charge on any atom is 0.326 e. The van der Waals surface area contributed by atoms with Crippen LogP contribution < -0.4 is 5.32 Å². The SMILES string of the molecule is COCCC(NC(=O)CC(C)C(C)(C)C)C(=O)O. The molecule has 2 atom stereocenters. The Kier molecular flexibility index (Phi) is 6.91. The van der Waals surface area contributed by atoms with Crippen LogP contribution in [-0.2, 0) is 14.3 Å². The summed E-state index contributed by atoms with van der Waals surface area (Å²) in [6, 6.07) is -0.871. The molecule has 0 bridgehead atoms. The molecule has 0 aliphatic carbocycles. The van der Waals surface area contributed by atoms with Gasteiger partial charge in [-0.2, -0.15) is 0 Å². The van der Waals surface area contributed by atoms with Gasteiger partial charge in [0.25, 0.3) is 0 Å². The average molecular weight is 259 g/mol. The Morgan fingerprint density at radius 2 is 1.89 bits per heavy atom. The van der Waals surface area contributed by atoms with Crippen LogP contribution in [0, 0.1) is 11.3 Å². The van der Waals surface area contributed by atoms with E-state index in [9.17, 15) is 9.59 Å². The minimum Gasteiger partial charge on any atom is -0.480 e. The van der Waals surface area contributed by atoms with Gasteiger partial charge >= 0.3 is 5.97 Å². The number of carbonyl (C=O) groups excluding carboxylic acids is 1. The van der Waals surface area contributed by atoms with Gasteiger partial charge in [-0.25, -0.2) is 4.79 Å². The van der Waals surface area contributed by atoms with Crippen LogP contribution >= 0.6 is 0 Å². The lowest BCUT2D eigenvalue weighted by molar-refractivity contribution is -0.142. The zero-order chi connectivity index (χ0) is 14.3. The number of nitrogens with one attached hydrogen (secondary N) is 1. The molecule has 0 aromatic heterocycles. The predicted octanol–water partition coefficient (Wildman–Crippen LogP) is 1.66. The molecule has 1 amide bonds. The second kappa shape index (κ2) is 7.36. The lowest BCUT2D eigenvalue weighted by Gasteiger charge is -2.27. The zero-order valence-electron chi connectivity index (χ0n) is 11.9. The van der Waals surface area contributed by atoms with Crippen molar-refractivity contribution < 1.29 is 19.4 Å². The summed E-state index contributed by atoms with van der Waals surface area (Å²) in [4.78, 5) is 22.7. The largest absolute Gasteiger partial charge is 0.480 e. The molecule has 5 heteroatoms. The molecule has 106 valence electrons. The van der Waals surface area contributed by atoms with Crippen molar-refractivity contribution in [2.45, 2.75) is 46.6 Å². The molecule has 0 fully saturated rings. The molecule has 0 spiro atoms. The predicted molar refractivity (Wildman–Crippen MR) is 69.3 cm³/mol. The molecule has 0 aliphatic heterocycles. The van der Waals surface area contributed by atoms with Gasteiger partial charge in [-0.3, -0.25) is 4.79 Å². The summed E-state index contributed by atoms with van der Waals surface area (Å²) in [5, 5.41) is 11.5.